The average molecular weight is 407 g/mol. The van der Waals surface area contributed by atoms with Crippen molar-refractivity contribution in [1.82, 2.24) is 9.88 Å². The summed E-state index contributed by atoms with van der Waals surface area (Å²) < 4.78 is 0. The van der Waals surface area contributed by atoms with Crippen LogP contribution in [-0.2, 0) is 13.0 Å². The van der Waals surface area contributed by atoms with E-state index in [1.54, 1.807) is 18.2 Å². The molecule has 3 heterocycles. The summed E-state index contributed by atoms with van der Waals surface area (Å²) in [5, 5.41) is 4.34. The summed E-state index contributed by atoms with van der Waals surface area (Å²) in [6.45, 7) is 1.81. The maximum Gasteiger partial charge on any atom is 0.268 e. The van der Waals surface area contributed by atoms with Crippen molar-refractivity contribution in [3.8, 4) is 0 Å². The second-order valence-corrected chi connectivity index (χ2v) is 8.14. The number of likely N-dealkylation sites (N-methyl/N-ethyl adjacent to an activating group) is 1. The van der Waals surface area contributed by atoms with Gasteiger partial charge in [0.1, 0.15) is 9.71 Å². The fourth-order valence-corrected chi connectivity index (χ4v) is 4.58. The standard InChI is InChI=1S/C18H16Cl2N4OS/c1-24-6-5-13-9(8-24)7-10-14(21)16(26-18(10)22-13)17(25)23-15-11(19)3-2-4-12(15)20/h2-4,7H,5-6,8,21H2,1H3,(H,23,25). The normalized spacial score (nSPS) is 14.4. The maximum absolute atomic E-state index is 12.7. The molecular formula is C18H16Cl2N4OS. The van der Waals surface area contributed by atoms with Crippen molar-refractivity contribution in [2.24, 2.45) is 0 Å². The average Bonchev–Trinajstić information content (AvgIpc) is 2.92. The van der Waals surface area contributed by atoms with Crippen LogP contribution in [-0.4, -0.2) is 29.4 Å². The summed E-state index contributed by atoms with van der Waals surface area (Å²) in [6.07, 6.45) is 0.899. The summed E-state index contributed by atoms with van der Waals surface area (Å²) in [6, 6.07) is 7.12. The molecule has 5 nitrogen and oxygen atoms in total. The van der Waals surface area contributed by atoms with E-state index in [0.29, 0.717) is 26.3 Å². The number of nitrogens with one attached hydrogen (secondary N) is 1. The number of rotatable bonds is 2. The van der Waals surface area contributed by atoms with Gasteiger partial charge in [0.2, 0.25) is 0 Å². The van der Waals surface area contributed by atoms with Crippen molar-refractivity contribution >= 4 is 62.0 Å². The van der Waals surface area contributed by atoms with Crippen LogP contribution in [0.1, 0.15) is 20.9 Å². The minimum Gasteiger partial charge on any atom is -0.397 e. The van der Waals surface area contributed by atoms with Gasteiger partial charge in [0.15, 0.2) is 0 Å². The van der Waals surface area contributed by atoms with Crippen molar-refractivity contribution in [2.75, 3.05) is 24.6 Å². The number of hydrogen-bond donors (Lipinski definition) is 2. The Morgan fingerprint density at radius 3 is 2.81 bits per heavy atom. The maximum atomic E-state index is 12.7. The molecule has 3 aromatic rings. The minimum absolute atomic E-state index is 0.337. The van der Waals surface area contributed by atoms with Crippen LogP contribution in [0.2, 0.25) is 10.0 Å². The van der Waals surface area contributed by atoms with Crippen LogP contribution in [0, 0.1) is 0 Å². The molecule has 0 spiro atoms. The van der Waals surface area contributed by atoms with Gasteiger partial charge in [0.25, 0.3) is 5.91 Å². The van der Waals surface area contributed by atoms with Gasteiger partial charge in [-0.3, -0.25) is 4.79 Å². The van der Waals surface area contributed by atoms with Crippen LogP contribution in [0.5, 0.6) is 0 Å². The van der Waals surface area contributed by atoms with Gasteiger partial charge in [-0.25, -0.2) is 4.98 Å². The number of anilines is 2. The Morgan fingerprint density at radius 2 is 2.08 bits per heavy atom. The van der Waals surface area contributed by atoms with Crippen molar-refractivity contribution < 1.29 is 4.79 Å². The van der Waals surface area contributed by atoms with Crippen LogP contribution in [0.15, 0.2) is 24.3 Å². The molecule has 0 radical (unpaired) electrons. The smallest absolute Gasteiger partial charge is 0.268 e. The zero-order chi connectivity index (χ0) is 18.4. The van der Waals surface area contributed by atoms with E-state index in [1.165, 1.54) is 11.3 Å². The predicted octanol–water partition coefficient (Wildman–Crippen LogP) is 4.43. The summed E-state index contributed by atoms with van der Waals surface area (Å²) in [5.41, 5.74) is 9.33. The molecule has 1 aromatic carbocycles. The Morgan fingerprint density at radius 1 is 1.35 bits per heavy atom. The Bertz CT molecular complexity index is 1010. The Kier molecular flexibility index (Phi) is 4.52. The van der Waals surface area contributed by atoms with Crippen LogP contribution < -0.4 is 11.1 Å². The van der Waals surface area contributed by atoms with E-state index in [1.807, 2.05) is 0 Å². The van der Waals surface area contributed by atoms with Gasteiger partial charge in [-0.1, -0.05) is 29.3 Å². The van der Waals surface area contributed by atoms with Crippen molar-refractivity contribution in [3.05, 3.63) is 50.4 Å². The number of para-hydroxylation sites is 1. The van der Waals surface area contributed by atoms with Crippen molar-refractivity contribution in [2.45, 2.75) is 13.0 Å². The molecule has 1 aliphatic rings. The van der Waals surface area contributed by atoms with Gasteiger partial charge in [-0.05, 0) is 30.8 Å². The lowest BCUT2D eigenvalue weighted by atomic mass is 10.0. The number of nitrogens with zero attached hydrogens (tertiary/aromatic N) is 2. The number of carbonyl (C=O) groups excluding carboxylic acids is 1. The first kappa shape index (κ1) is 17.5. The van der Waals surface area contributed by atoms with E-state index >= 15 is 0 Å². The number of nitrogens with two attached hydrogens (primary N) is 1. The van der Waals surface area contributed by atoms with Gasteiger partial charge in [0, 0.05) is 30.6 Å². The molecule has 1 aliphatic heterocycles. The number of benzene rings is 1. The number of fused-ring (bicyclic) bond motifs is 2. The molecule has 8 heteroatoms. The highest BCUT2D eigenvalue weighted by atomic mass is 35.5. The number of amides is 1. The van der Waals surface area contributed by atoms with Gasteiger partial charge in [-0.15, -0.1) is 11.3 Å². The van der Waals surface area contributed by atoms with Gasteiger partial charge in [0.05, 0.1) is 21.4 Å². The van der Waals surface area contributed by atoms with Crippen molar-refractivity contribution in [1.29, 1.82) is 0 Å². The van der Waals surface area contributed by atoms with Gasteiger partial charge >= 0.3 is 0 Å². The molecule has 0 unspecified atom stereocenters. The van der Waals surface area contributed by atoms with E-state index < -0.39 is 0 Å². The Hall–Kier alpha value is -1.86. The third-order valence-electron chi connectivity index (χ3n) is 4.47. The molecule has 134 valence electrons. The first-order valence-corrected chi connectivity index (χ1v) is 9.66. The number of halogens is 2. The number of hydrogen-bond acceptors (Lipinski definition) is 5. The van der Waals surface area contributed by atoms with E-state index in [-0.39, 0.29) is 5.91 Å². The summed E-state index contributed by atoms with van der Waals surface area (Å²) >= 11 is 13.6. The second kappa shape index (κ2) is 6.70. The summed E-state index contributed by atoms with van der Waals surface area (Å²) in [7, 11) is 2.08. The SMILES string of the molecule is CN1CCc2nc3sc(C(=O)Nc4c(Cl)cccc4Cl)c(N)c3cc2C1. The molecule has 3 N–H and O–H groups in total. The highest BCUT2D eigenvalue weighted by molar-refractivity contribution is 7.21. The number of aromatic nitrogens is 1. The van der Waals surface area contributed by atoms with E-state index in [9.17, 15) is 4.79 Å². The summed E-state index contributed by atoms with van der Waals surface area (Å²) in [4.78, 5) is 20.9. The molecule has 4 rings (SSSR count). The fourth-order valence-electron chi connectivity index (χ4n) is 3.09. The topological polar surface area (TPSA) is 71.2 Å². The lowest BCUT2D eigenvalue weighted by Gasteiger charge is -2.24. The van der Waals surface area contributed by atoms with Crippen LogP contribution in [0.3, 0.4) is 0 Å². The molecule has 0 bridgehead atoms. The third-order valence-corrected chi connectivity index (χ3v) is 6.21. The molecule has 0 aliphatic carbocycles. The molecule has 2 aromatic heterocycles. The van der Waals surface area contributed by atoms with Crippen LogP contribution in [0.25, 0.3) is 10.2 Å². The van der Waals surface area contributed by atoms with Crippen molar-refractivity contribution in [3.63, 3.8) is 0 Å². The Labute approximate surface area is 164 Å². The first-order chi connectivity index (χ1) is 12.4. The second-order valence-electron chi connectivity index (χ2n) is 6.33. The van der Waals surface area contributed by atoms with E-state index in [4.69, 9.17) is 33.9 Å². The molecule has 0 saturated heterocycles. The molecule has 0 atom stereocenters. The predicted molar refractivity (Wildman–Crippen MR) is 108 cm³/mol. The number of thiophene rings is 1. The van der Waals surface area contributed by atoms with E-state index in [2.05, 4.69) is 23.3 Å². The zero-order valence-electron chi connectivity index (χ0n) is 14.0. The zero-order valence-corrected chi connectivity index (χ0v) is 16.3. The molecule has 0 fully saturated rings. The fraction of sp³-hybridized carbons (Fsp3) is 0.222. The summed E-state index contributed by atoms with van der Waals surface area (Å²) in [5.74, 6) is -0.337. The molecule has 0 saturated carbocycles. The molecule has 26 heavy (non-hydrogen) atoms. The number of nitrogen functional groups attached to an aromatic ring is 1. The lowest BCUT2D eigenvalue weighted by Crippen LogP contribution is -2.27. The van der Waals surface area contributed by atoms with Gasteiger partial charge in [-0.2, -0.15) is 0 Å². The molecule has 1 amide bonds. The van der Waals surface area contributed by atoms with E-state index in [0.717, 1.165) is 41.0 Å². The quantitative estimate of drug-likeness (QED) is 0.660. The lowest BCUT2D eigenvalue weighted by molar-refractivity contribution is 0.103. The highest BCUT2D eigenvalue weighted by Gasteiger charge is 2.22. The largest absolute Gasteiger partial charge is 0.397 e. The molecular weight excluding hydrogens is 391 g/mol. The monoisotopic (exact) mass is 406 g/mol. The highest BCUT2D eigenvalue weighted by Crippen LogP contribution is 2.36. The van der Waals surface area contributed by atoms with Crippen LogP contribution in [0.4, 0.5) is 11.4 Å². The van der Waals surface area contributed by atoms with Gasteiger partial charge < -0.3 is 16.0 Å². The van der Waals surface area contributed by atoms with Crippen LogP contribution >= 0.6 is 34.5 Å². The minimum atomic E-state index is -0.337. The first-order valence-electron chi connectivity index (χ1n) is 8.08. The Balaban J connectivity index is 1.73. The number of carbonyl (C=O) groups is 1. The number of pyridine rings is 1. The third kappa shape index (κ3) is 3.03.